The molecule has 1 heterocycles. The van der Waals surface area contributed by atoms with E-state index in [0.29, 0.717) is 16.9 Å². The van der Waals surface area contributed by atoms with Crippen molar-refractivity contribution in [3.8, 4) is 0 Å². The van der Waals surface area contributed by atoms with Crippen molar-refractivity contribution in [3.63, 3.8) is 0 Å². The van der Waals surface area contributed by atoms with E-state index in [1.165, 1.54) is 29.2 Å². The lowest BCUT2D eigenvalue weighted by Gasteiger charge is -2.11. The van der Waals surface area contributed by atoms with Gasteiger partial charge in [0.1, 0.15) is 0 Å². The van der Waals surface area contributed by atoms with Crippen molar-refractivity contribution in [1.29, 1.82) is 0 Å². The van der Waals surface area contributed by atoms with Gasteiger partial charge >= 0.3 is 6.18 Å². The van der Waals surface area contributed by atoms with Crippen molar-refractivity contribution in [2.45, 2.75) is 23.4 Å². The Hall–Kier alpha value is -2.32. The predicted molar refractivity (Wildman–Crippen MR) is 101 cm³/mol. The number of nitrogens with zero attached hydrogens (tertiary/aromatic N) is 1. The highest BCUT2D eigenvalue weighted by molar-refractivity contribution is 7.98. The highest BCUT2D eigenvalue weighted by Gasteiger charge is 2.30. The van der Waals surface area contributed by atoms with E-state index in [-0.39, 0.29) is 12.5 Å². The third-order valence-corrected chi connectivity index (χ3v) is 5.44. The number of amides is 1. The van der Waals surface area contributed by atoms with Crippen molar-refractivity contribution in [3.05, 3.63) is 81.8 Å². The van der Waals surface area contributed by atoms with Crippen LogP contribution < -0.4 is 5.32 Å². The third kappa shape index (κ3) is 5.33. The smallest absolute Gasteiger partial charge is 0.348 e. The monoisotopic (exact) mass is 408 g/mol. The van der Waals surface area contributed by atoms with Gasteiger partial charge in [-0.2, -0.15) is 13.2 Å². The molecule has 0 atom stereocenters. The largest absolute Gasteiger partial charge is 0.416 e. The third-order valence-electron chi connectivity index (χ3n) is 3.70. The van der Waals surface area contributed by atoms with Crippen molar-refractivity contribution < 1.29 is 18.0 Å². The molecule has 0 aliphatic rings. The fourth-order valence-electron chi connectivity index (χ4n) is 2.38. The van der Waals surface area contributed by atoms with Crippen molar-refractivity contribution in [2.24, 2.45) is 0 Å². The second-order valence-electron chi connectivity index (χ2n) is 5.65. The lowest BCUT2D eigenvalue weighted by atomic mass is 10.1. The first kappa shape index (κ1) is 19.4. The molecule has 0 saturated heterocycles. The minimum absolute atomic E-state index is 0.0217. The molecule has 3 nitrogen and oxygen atoms in total. The zero-order valence-electron chi connectivity index (χ0n) is 14.0. The van der Waals surface area contributed by atoms with Gasteiger partial charge in [0.25, 0.3) is 5.91 Å². The molecule has 2 aromatic carbocycles. The van der Waals surface area contributed by atoms with Crippen LogP contribution in [0.1, 0.15) is 27.2 Å². The summed E-state index contributed by atoms with van der Waals surface area (Å²) in [4.78, 5) is 17.5. The summed E-state index contributed by atoms with van der Waals surface area (Å²) in [7, 11) is 0. The van der Waals surface area contributed by atoms with Crippen LogP contribution >= 0.6 is 23.1 Å². The lowest BCUT2D eigenvalue weighted by Crippen LogP contribution is -2.23. The lowest BCUT2D eigenvalue weighted by molar-refractivity contribution is -0.137. The minimum Gasteiger partial charge on any atom is -0.348 e. The SMILES string of the molecule is O=C(NCc1cccc(C(F)(F)F)c1)c1ccccc1SCc1cscn1. The molecule has 8 heteroatoms. The second-order valence-corrected chi connectivity index (χ2v) is 7.38. The van der Waals surface area contributed by atoms with Gasteiger partial charge in [-0.05, 0) is 29.8 Å². The molecule has 0 unspecified atom stereocenters. The topological polar surface area (TPSA) is 42.0 Å². The van der Waals surface area contributed by atoms with Gasteiger partial charge in [0.05, 0.1) is 22.3 Å². The molecule has 1 amide bonds. The Balaban J connectivity index is 1.66. The molecule has 3 rings (SSSR count). The fraction of sp³-hybridized carbons (Fsp3) is 0.158. The zero-order chi connectivity index (χ0) is 19.3. The van der Waals surface area contributed by atoms with Crippen LogP contribution in [0.25, 0.3) is 0 Å². The van der Waals surface area contributed by atoms with Crippen LogP contribution in [0.2, 0.25) is 0 Å². The van der Waals surface area contributed by atoms with Gasteiger partial charge in [0, 0.05) is 22.6 Å². The number of thioether (sulfide) groups is 1. The van der Waals surface area contributed by atoms with Crippen molar-refractivity contribution >= 4 is 29.0 Å². The minimum atomic E-state index is -4.40. The standard InChI is InChI=1S/C19H15F3N2OS2/c20-19(21,22)14-5-3-4-13(8-14)9-23-18(25)16-6-1-2-7-17(16)27-11-15-10-26-12-24-15/h1-8,10,12H,9,11H2,(H,23,25). The molecule has 1 N–H and O–H groups in total. The van der Waals surface area contributed by atoms with Crippen LogP contribution in [-0.2, 0) is 18.5 Å². The number of thiazole rings is 1. The zero-order valence-corrected chi connectivity index (χ0v) is 15.6. The van der Waals surface area contributed by atoms with Crippen LogP contribution in [0.3, 0.4) is 0 Å². The molecule has 140 valence electrons. The first-order valence-corrected chi connectivity index (χ1v) is 9.89. The molecule has 0 spiro atoms. The number of halogens is 3. The number of nitrogens with one attached hydrogen (secondary N) is 1. The number of carbonyl (C=O) groups is 1. The summed E-state index contributed by atoms with van der Waals surface area (Å²) >= 11 is 3.01. The number of benzene rings is 2. The maximum Gasteiger partial charge on any atom is 0.416 e. The van der Waals surface area contributed by atoms with E-state index in [2.05, 4.69) is 10.3 Å². The van der Waals surface area contributed by atoms with Crippen molar-refractivity contribution in [2.75, 3.05) is 0 Å². The summed E-state index contributed by atoms with van der Waals surface area (Å²) < 4.78 is 38.4. The first-order chi connectivity index (χ1) is 12.9. The van der Waals surface area contributed by atoms with Crippen LogP contribution in [-0.4, -0.2) is 10.9 Å². The number of rotatable bonds is 6. The quantitative estimate of drug-likeness (QED) is 0.557. The van der Waals surface area contributed by atoms with Crippen LogP contribution in [0.5, 0.6) is 0 Å². The summed E-state index contributed by atoms with van der Waals surface area (Å²) in [6.07, 6.45) is -4.40. The molecule has 27 heavy (non-hydrogen) atoms. The Morgan fingerprint density at radius 2 is 1.96 bits per heavy atom. The normalized spacial score (nSPS) is 11.4. The summed E-state index contributed by atoms with van der Waals surface area (Å²) in [5, 5.41) is 4.64. The Morgan fingerprint density at radius 1 is 1.15 bits per heavy atom. The van der Waals surface area contributed by atoms with E-state index in [1.54, 1.807) is 23.7 Å². The number of hydrogen-bond acceptors (Lipinski definition) is 4. The van der Waals surface area contributed by atoms with E-state index < -0.39 is 11.7 Å². The molecule has 0 bridgehead atoms. The summed E-state index contributed by atoms with van der Waals surface area (Å²) in [6, 6.07) is 12.1. The van der Waals surface area contributed by atoms with Gasteiger partial charge in [0.15, 0.2) is 0 Å². The van der Waals surface area contributed by atoms with E-state index in [0.717, 1.165) is 22.7 Å². The summed E-state index contributed by atoms with van der Waals surface area (Å²) in [6.45, 7) is 0.0217. The van der Waals surface area contributed by atoms with E-state index in [1.807, 2.05) is 17.5 Å². The Bertz CT molecular complexity index is 911. The van der Waals surface area contributed by atoms with Crippen LogP contribution in [0.4, 0.5) is 13.2 Å². The highest BCUT2D eigenvalue weighted by Crippen LogP contribution is 2.30. The maximum atomic E-state index is 12.8. The van der Waals surface area contributed by atoms with Gasteiger partial charge in [0.2, 0.25) is 0 Å². The van der Waals surface area contributed by atoms with E-state index >= 15 is 0 Å². The maximum absolute atomic E-state index is 12.8. The van der Waals surface area contributed by atoms with Crippen LogP contribution in [0.15, 0.2) is 64.3 Å². The van der Waals surface area contributed by atoms with Gasteiger partial charge in [-0.25, -0.2) is 4.98 Å². The average Bonchev–Trinajstić information content (AvgIpc) is 3.18. The Labute approximate surface area is 162 Å². The van der Waals surface area contributed by atoms with Crippen molar-refractivity contribution in [1.82, 2.24) is 10.3 Å². The molecule has 1 aromatic heterocycles. The van der Waals surface area contributed by atoms with Gasteiger partial charge in [-0.1, -0.05) is 24.3 Å². The van der Waals surface area contributed by atoms with Gasteiger partial charge in [-0.3, -0.25) is 4.79 Å². The predicted octanol–water partition coefficient (Wildman–Crippen LogP) is 5.38. The van der Waals surface area contributed by atoms with Gasteiger partial charge in [-0.15, -0.1) is 23.1 Å². The number of hydrogen-bond donors (Lipinski definition) is 1. The van der Waals surface area contributed by atoms with Gasteiger partial charge < -0.3 is 5.32 Å². The molecule has 0 aliphatic heterocycles. The molecule has 0 saturated carbocycles. The first-order valence-electron chi connectivity index (χ1n) is 7.97. The summed E-state index contributed by atoms with van der Waals surface area (Å²) in [5.41, 5.74) is 2.84. The van der Waals surface area contributed by atoms with E-state index in [4.69, 9.17) is 0 Å². The Morgan fingerprint density at radius 3 is 2.70 bits per heavy atom. The second kappa shape index (κ2) is 8.58. The average molecular weight is 408 g/mol. The molecular weight excluding hydrogens is 393 g/mol. The molecule has 0 radical (unpaired) electrons. The Kier molecular flexibility index (Phi) is 6.18. The number of alkyl halides is 3. The molecule has 3 aromatic rings. The molecular formula is C19H15F3N2OS2. The molecule has 0 aliphatic carbocycles. The number of aromatic nitrogens is 1. The van der Waals surface area contributed by atoms with Crippen LogP contribution in [0, 0.1) is 0 Å². The summed E-state index contributed by atoms with van der Waals surface area (Å²) in [5.74, 6) is 0.315. The van der Waals surface area contributed by atoms with E-state index in [9.17, 15) is 18.0 Å². The number of carbonyl (C=O) groups excluding carboxylic acids is 1. The highest BCUT2D eigenvalue weighted by atomic mass is 32.2. The fourth-order valence-corrected chi connectivity index (χ4v) is 3.99. The molecule has 0 fully saturated rings.